The van der Waals surface area contributed by atoms with Crippen LogP contribution in [0.1, 0.15) is 18.2 Å². The lowest BCUT2D eigenvalue weighted by Crippen LogP contribution is -2.19. The molecule has 1 heterocycles. The lowest BCUT2D eigenvalue weighted by molar-refractivity contribution is 0.586. The van der Waals surface area contributed by atoms with Gasteiger partial charge in [-0.2, -0.15) is 4.98 Å². The van der Waals surface area contributed by atoms with Crippen LogP contribution in [0, 0.1) is 25.5 Å². The first-order valence-electron chi connectivity index (χ1n) is 8.38. The standard InChI is InChI=1S/C20H20F2N4/c1-4-26(16-7-5-6-13(2)10-16)20-23-14(3)11-19(25-20)24-18-9-8-15(21)12-17(18)22/h5-12H,4H2,1-3H3,(H,23,24,25). The molecule has 0 aliphatic heterocycles. The van der Waals surface area contributed by atoms with Gasteiger partial charge in [-0.05, 0) is 50.6 Å². The normalized spacial score (nSPS) is 10.7. The van der Waals surface area contributed by atoms with Crippen LogP contribution in [-0.2, 0) is 0 Å². The van der Waals surface area contributed by atoms with Gasteiger partial charge < -0.3 is 10.2 Å². The molecular formula is C20H20F2N4. The van der Waals surface area contributed by atoms with Crippen LogP contribution in [0.2, 0.25) is 0 Å². The quantitative estimate of drug-likeness (QED) is 0.677. The number of halogens is 2. The van der Waals surface area contributed by atoms with Gasteiger partial charge in [0.25, 0.3) is 0 Å². The highest BCUT2D eigenvalue weighted by molar-refractivity contribution is 5.62. The lowest BCUT2D eigenvalue weighted by Gasteiger charge is -2.22. The minimum atomic E-state index is -0.672. The van der Waals surface area contributed by atoms with Gasteiger partial charge >= 0.3 is 0 Å². The van der Waals surface area contributed by atoms with Gasteiger partial charge in [0, 0.05) is 30.1 Å². The van der Waals surface area contributed by atoms with E-state index >= 15 is 0 Å². The number of aryl methyl sites for hydroxylation is 2. The molecule has 6 heteroatoms. The summed E-state index contributed by atoms with van der Waals surface area (Å²) in [6, 6.07) is 13.2. The van der Waals surface area contributed by atoms with Crippen molar-refractivity contribution in [3.8, 4) is 0 Å². The number of hydrogen-bond acceptors (Lipinski definition) is 4. The van der Waals surface area contributed by atoms with Crippen molar-refractivity contribution in [1.82, 2.24) is 9.97 Å². The summed E-state index contributed by atoms with van der Waals surface area (Å²) in [5.41, 5.74) is 3.03. The Morgan fingerprint density at radius 3 is 2.50 bits per heavy atom. The maximum atomic E-state index is 13.9. The summed E-state index contributed by atoms with van der Waals surface area (Å²) in [5, 5.41) is 2.90. The minimum absolute atomic E-state index is 0.161. The van der Waals surface area contributed by atoms with E-state index in [0.29, 0.717) is 18.3 Å². The summed E-state index contributed by atoms with van der Waals surface area (Å²) in [6.45, 7) is 6.57. The third-order valence-electron chi connectivity index (χ3n) is 3.91. The zero-order valence-electron chi connectivity index (χ0n) is 14.9. The molecule has 0 spiro atoms. The predicted octanol–water partition coefficient (Wildman–Crippen LogP) is 5.27. The maximum absolute atomic E-state index is 13.9. The third-order valence-corrected chi connectivity index (χ3v) is 3.91. The van der Waals surface area contributed by atoms with Crippen molar-refractivity contribution in [2.45, 2.75) is 20.8 Å². The first kappa shape index (κ1) is 17.8. The molecule has 0 aliphatic rings. The Hall–Kier alpha value is -3.02. The fourth-order valence-corrected chi connectivity index (χ4v) is 2.70. The lowest BCUT2D eigenvalue weighted by atomic mass is 10.2. The molecule has 2 aromatic carbocycles. The Balaban J connectivity index is 1.96. The highest BCUT2D eigenvalue weighted by Gasteiger charge is 2.13. The number of hydrogen-bond donors (Lipinski definition) is 1. The number of anilines is 4. The molecule has 0 saturated carbocycles. The minimum Gasteiger partial charge on any atom is -0.338 e. The summed E-state index contributed by atoms with van der Waals surface area (Å²) in [6.07, 6.45) is 0. The van der Waals surface area contributed by atoms with Crippen LogP contribution >= 0.6 is 0 Å². The average Bonchev–Trinajstić information content (AvgIpc) is 2.58. The van der Waals surface area contributed by atoms with Crippen LogP contribution in [-0.4, -0.2) is 16.5 Å². The zero-order chi connectivity index (χ0) is 18.7. The van der Waals surface area contributed by atoms with Crippen LogP contribution in [0.5, 0.6) is 0 Å². The SMILES string of the molecule is CCN(c1cccc(C)c1)c1nc(C)cc(Nc2ccc(F)cc2F)n1. The highest BCUT2D eigenvalue weighted by atomic mass is 19.1. The monoisotopic (exact) mass is 354 g/mol. The zero-order valence-corrected chi connectivity index (χ0v) is 14.9. The van der Waals surface area contributed by atoms with Gasteiger partial charge in [0.2, 0.25) is 5.95 Å². The second kappa shape index (κ2) is 7.47. The summed E-state index contributed by atoms with van der Waals surface area (Å²) in [7, 11) is 0. The Bertz CT molecular complexity index is 927. The molecule has 0 aliphatic carbocycles. The van der Waals surface area contributed by atoms with Crippen molar-refractivity contribution in [3.63, 3.8) is 0 Å². The van der Waals surface area contributed by atoms with E-state index < -0.39 is 11.6 Å². The van der Waals surface area contributed by atoms with Crippen molar-refractivity contribution in [2.75, 3.05) is 16.8 Å². The van der Waals surface area contributed by atoms with Gasteiger partial charge in [-0.1, -0.05) is 12.1 Å². The molecule has 0 fully saturated rings. The van der Waals surface area contributed by atoms with Crippen molar-refractivity contribution in [1.29, 1.82) is 0 Å². The third kappa shape index (κ3) is 3.96. The van der Waals surface area contributed by atoms with Crippen LogP contribution in [0.3, 0.4) is 0 Å². The van der Waals surface area contributed by atoms with E-state index in [1.54, 1.807) is 6.07 Å². The summed E-state index contributed by atoms with van der Waals surface area (Å²) in [5.74, 6) is -0.328. The second-order valence-corrected chi connectivity index (χ2v) is 6.03. The van der Waals surface area contributed by atoms with E-state index in [2.05, 4.69) is 21.4 Å². The molecule has 1 N–H and O–H groups in total. The van der Waals surface area contributed by atoms with Crippen molar-refractivity contribution < 1.29 is 8.78 Å². The Morgan fingerprint density at radius 2 is 1.81 bits per heavy atom. The van der Waals surface area contributed by atoms with E-state index in [-0.39, 0.29) is 5.69 Å². The predicted molar refractivity (Wildman–Crippen MR) is 100 cm³/mol. The molecule has 3 rings (SSSR count). The molecule has 1 aromatic heterocycles. The summed E-state index contributed by atoms with van der Waals surface area (Å²) >= 11 is 0. The van der Waals surface area contributed by atoms with Gasteiger partial charge in [-0.25, -0.2) is 13.8 Å². The van der Waals surface area contributed by atoms with E-state index in [1.807, 2.05) is 43.9 Å². The first-order chi connectivity index (χ1) is 12.5. The van der Waals surface area contributed by atoms with Gasteiger partial charge in [0.05, 0.1) is 5.69 Å². The molecule has 26 heavy (non-hydrogen) atoms. The molecule has 0 saturated heterocycles. The molecule has 0 bridgehead atoms. The first-order valence-corrected chi connectivity index (χ1v) is 8.38. The van der Waals surface area contributed by atoms with Crippen LogP contribution in [0.25, 0.3) is 0 Å². The molecule has 0 radical (unpaired) electrons. The van der Waals surface area contributed by atoms with Crippen molar-refractivity contribution in [2.24, 2.45) is 0 Å². The van der Waals surface area contributed by atoms with E-state index in [0.717, 1.165) is 23.0 Å². The van der Waals surface area contributed by atoms with E-state index in [1.165, 1.54) is 12.1 Å². The fraction of sp³-hybridized carbons (Fsp3) is 0.200. The van der Waals surface area contributed by atoms with Crippen LogP contribution < -0.4 is 10.2 Å². The molecule has 134 valence electrons. The fourth-order valence-electron chi connectivity index (χ4n) is 2.70. The Kier molecular flexibility index (Phi) is 5.11. The summed E-state index contributed by atoms with van der Waals surface area (Å²) in [4.78, 5) is 11.0. The number of nitrogens with zero attached hydrogens (tertiary/aromatic N) is 3. The maximum Gasteiger partial charge on any atom is 0.232 e. The number of aromatic nitrogens is 2. The average molecular weight is 354 g/mol. The number of nitrogens with one attached hydrogen (secondary N) is 1. The smallest absolute Gasteiger partial charge is 0.232 e. The van der Waals surface area contributed by atoms with Crippen LogP contribution in [0.4, 0.5) is 31.9 Å². The van der Waals surface area contributed by atoms with Gasteiger partial charge in [-0.3, -0.25) is 0 Å². The Morgan fingerprint density at radius 1 is 1.00 bits per heavy atom. The summed E-state index contributed by atoms with van der Waals surface area (Å²) < 4.78 is 27.0. The van der Waals surface area contributed by atoms with Crippen molar-refractivity contribution >= 4 is 23.1 Å². The molecule has 4 nitrogen and oxygen atoms in total. The largest absolute Gasteiger partial charge is 0.338 e. The Labute approximate surface area is 151 Å². The van der Waals surface area contributed by atoms with Crippen LogP contribution in [0.15, 0.2) is 48.5 Å². The molecular weight excluding hydrogens is 334 g/mol. The van der Waals surface area contributed by atoms with Gasteiger partial charge in [0.15, 0.2) is 0 Å². The van der Waals surface area contributed by atoms with Crippen molar-refractivity contribution in [3.05, 3.63) is 71.4 Å². The van der Waals surface area contributed by atoms with Gasteiger partial charge in [-0.15, -0.1) is 0 Å². The molecule has 0 amide bonds. The molecule has 0 unspecified atom stereocenters. The number of rotatable bonds is 5. The number of benzene rings is 2. The van der Waals surface area contributed by atoms with Gasteiger partial charge in [0.1, 0.15) is 17.5 Å². The topological polar surface area (TPSA) is 41.1 Å². The highest BCUT2D eigenvalue weighted by Crippen LogP contribution is 2.26. The van der Waals surface area contributed by atoms with E-state index in [9.17, 15) is 8.78 Å². The second-order valence-electron chi connectivity index (χ2n) is 6.03. The molecule has 3 aromatic rings. The van der Waals surface area contributed by atoms with E-state index in [4.69, 9.17) is 0 Å². The molecule has 0 atom stereocenters.